The monoisotopic (exact) mass is 238 g/mol. The molecule has 0 nitrogen and oxygen atoms in total. The molecule has 0 saturated carbocycles. The fourth-order valence-electron chi connectivity index (χ4n) is 0. The quantitative estimate of drug-likeness (QED) is 0.447. The standard InChI is InChI=1S/C2HClF4.C2H2F4/c3-1(4)2(5,6)7;3-1-2(4,5)6/h1H;1H2. The number of hydrogen-bond donors (Lipinski definition) is 0. The van der Waals surface area contributed by atoms with Gasteiger partial charge in [0.05, 0.1) is 0 Å². The molecule has 0 aromatic heterocycles. The molecule has 0 aliphatic carbocycles. The lowest BCUT2D eigenvalue weighted by Crippen LogP contribution is -2.17. The Bertz CT molecular complexity index is 123. The highest BCUT2D eigenvalue weighted by molar-refractivity contribution is 6.20. The first-order valence-electron chi connectivity index (χ1n) is 2.48. The molecule has 0 rings (SSSR count). The van der Waals surface area contributed by atoms with Gasteiger partial charge in [-0.15, -0.1) is 0 Å². The largest absolute Gasteiger partial charge is 0.433 e. The van der Waals surface area contributed by atoms with Crippen molar-refractivity contribution in [1.29, 1.82) is 0 Å². The van der Waals surface area contributed by atoms with Gasteiger partial charge in [-0.3, -0.25) is 0 Å². The number of halogens is 9. The van der Waals surface area contributed by atoms with Crippen LogP contribution in [0.4, 0.5) is 35.1 Å². The Morgan fingerprint density at radius 3 is 1.15 bits per heavy atom. The lowest BCUT2D eigenvalue weighted by Gasteiger charge is -2.01. The van der Waals surface area contributed by atoms with Gasteiger partial charge in [0, 0.05) is 0 Å². The van der Waals surface area contributed by atoms with Crippen LogP contribution in [0.3, 0.4) is 0 Å². The molecule has 0 fully saturated rings. The van der Waals surface area contributed by atoms with Gasteiger partial charge < -0.3 is 0 Å². The molecule has 0 spiro atoms. The molecule has 0 aliphatic rings. The van der Waals surface area contributed by atoms with E-state index in [1.54, 1.807) is 0 Å². The molecule has 0 aromatic rings. The van der Waals surface area contributed by atoms with Gasteiger partial charge in [-0.2, -0.15) is 26.3 Å². The van der Waals surface area contributed by atoms with Gasteiger partial charge in [0.25, 0.3) is 5.63 Å². The van der Waals surface area contributed by atoms with E-state index >= 15 is 0 Å². The van der Waals surface area contributed by atoms with E-state index in [-0.39, 0.29) is 0 Å². The van der Waals surface area contributed by atoms with Crippen LogP contribution in [0.15, 0.2) is 0 Å². The summed E-state index contributed by atoms with van der Waals surface area (Å²) < 4.78 is 84.5. The maximum Gasteiger partial charge on any atom is 0.433 e. The number of rotatable bonds is 0. The van der Waals surface area contributed by atoms with Gasteiger partial charge in [0.2, 0.25) is 0 Å². The summed E-state index contributed by atoms with van der Waals surface area (Å²) in [4.78, 5) is 0. The molecule has 0 N–H and O–H groups in total. The molecule has 0 saturated heterocycles. The Labute approximate surface area is 72.5 Å². The summed E-state index contributed by atoms with van der Waals surface area (Å²) in [6.07, 6.45) is -9.53. The highest BCUT2D eigenvalue weighted by Crippen LogP contribution is 2.24. The van der Waals surface area contributed by atoms with Gasteiger partial charge in [-0.05, 0) is 0 Å². The third-order valence-corrected chi connectivity index (χ3v) is 0.646. The first-order chi connectivity index (χ1) is 5.50. The fraction of sp³-hybridized carbons (Fsp3) is 1.00. The second-order valence-electron chi connectivity index (χ2n) is 1.59. The van der Waals surface area contributed by atoms with Crippen LogP contribution >= 0.6 is 11.6 Å². The number of hydrogen-bond acceptors (Lipinski definition) is 0. The Balaban J connectivity index is 0. The van der Waals surface area contributed by atoms with Crippen molar-refractivity contribution >= 4 is 11.6 Å². The van der Waals surface area contributed by atoms with Crippen molar-refractivity contribution in [3.8, 4) is 0 Å². The third kappa shape index (κ3) is 14.6. The topological polar surface area (TPSA) is 0 Å². The molecule has 0 heterocycles. The smallest absolute Gasteiger partial charge is 0.241 e. The summed E-state index contributed by atoms with van der Waals surface area (Å²) in [6, 6.07) is 0. The van der Waals surface area contributed by atoms with Crippen LogP contribution in [0.25, 0.3) is 0 Å². The first kappa shape index (κ1) is 15.2. The molecule has 13 heavy (non-hydrogen) atoms. The third-order valence-electron chi connectivity index (χ3n) is 0.399. The lowest BCUT2D eigenvalue weighted by molar-refractivity contribution is -0.156. The van der Waals surface area contributed by atoms with Crippen molar-refractivity contribution in [1.82, 2.24) is 0 Å². The highest BCUT2D eigenvalue weighted by atomic mass is 35.5. The fourth-order valence-corrected chi connectivity index (χ4v) is 0. The van der Waals surface area contributed by atoms with E-state index in [1.165, 1.54) is 0 Å². The van der Waals surface area contributed by atoms with Crippen LogP contribution < -0.4 is 0 Å². The Morgan fingerprint density at radius 2 is 1.15 bits per heavy atom. The summed E-state index contributed by atoms with van der Waals surface area (Å²) in [5.41, 5.74) is -3.23. The van der Waals surface area contributed by atoms with Crippen molar-refractivity contribution in [2.24, 2.45) is 0 Å². The SMILES string of the molecule is FC(Cl)C(F)(F)F.FCC(F)(F)F. The summed E-state index contributed by atoms with van der Waals surface area (Å²) in [5.74, 6) is 0. The maximum absolute atomic E-state index is 10.8. The molecule has 0 aliphatic heterocycles. The summed E-state index contributed by atoms with van der Waals surface area (Å²) in [7, 11) is 0. The molecule has 1 unspecified atom stereocenters. The van der Waals surface area contributed by atoms with Gasteiger partial charge in [0.15, 0.2) is 6.67 Å². The predicted octanol–water partition coefficient (Wildman–Crippen LogP) is 3.60. The molecular formula is C4H3ClF8. The highest BCUT2D eigenvalue weighted by Gasteiger charge is 2.38. The minimum Gasteiger partial charge on any atom is -0.241 e. The molecule has 82 valence electrons. The minimum atomic E-state index is -4.90. The normalized spacial score (nSPS) is 14.5. The van der Waals surface area contributed by atoms with E-state index in [9.17, 15) is 35.1 Å². The summed E-state index contributed by atoms with van der Waals surface area (Å²) in [6.45, 7) is -2.23. The molecule has 1 atom stereocenters. The minimum absolute atomic E-state index is 2.23. The van der Waals surface area contributed by atoms with Crippen LogP contribution in [0, 0.1) is 0 Å². The van der Waals surface area contributed by atoms with Crippen LogP contribution in [-0.2, 0) is 0 Å². The van der Waals surface area contributed by atoms with Crippen molar-refractivity contribution in [3.63, 3.8) is 0 Å². The lowest BCUT2D eigenvalue weighted by atomic mass is 10.7. The Hall–Kier alpha value is -0.270. The maximum atomic E-state index is 10.8. The molecule has 9 heteroatoms. The van der Waals surface area contributed by atoms with E-state index < -0.39 is 24.7 Å². The molecule has 0 aromatic carbocycles. The van der Waals surface area contributed by atoms with Crippen molar-refractivity contribution in [2.45, 2.75) is 18.0 Å². The second-order valence-corrected chi connectivity index (χ2v) is 1.97. The van der Waals surface area contributed by atoms with Crippen LogP contribution in [-0.4, -0.2) is 24.7 Å². The number of alkyl halides is 9. The van der Waals surface area contributed by atoms with Crippen molar-refractivity contribution in [3.05, 3.63) is 0 Å². The zero-order valence-electron chi connectivity index (χ0n) is 5.69. The predicted molar refractivity (Wildman–Crippen MR) is 28.8 cm³/mol. The molecule has 0 bridgehead atoms. The average molecular weight is 239 g/mol. The molecule has 0 radical (unpaired) electrons. The zero-order valence-corrected chi connectivity index (χ0v) is 6.44. The van der Waals surface area contributed by atoms with Gasteiger partial charge in [-0.25, -0.2) is 8.78 Å². The van der Waals surface area contributed by atoms with E-state index in [2.05, 4.69) is 11.6 Å². The van der Waals surface area contributed by atoms with E-state index in [0.29, 0.717) is 0 Å². The van der Waals surface area contributed by atoms with Crippen LogP contribution in [0.1, 0.15) is 0 Å². The zero-order chi connectivity index (χ0) is 11.3. The van der Waals surface area contributed by atoms with Crippen molar-refractivity contribution in [2.75, 3.05) is 6.67 Å². The van der Waals surface area contributed by atoms with Gasteiger partial charge in [-0.1, -0.05) is 11.6 Å². The Morgan fingerprint density at radius 1 is 1.00 bits per heavy atom. The van der Waals surface area contributed by atoms with E-state index in [1.807, 2.05) is 0 Å². The summed E-state index contributed by atoms with van der Waals surface area (Å²) >= 11 is 3.96. The first-order valence-corrected chi connectivity index (χ1v) is 2.92. The van der Waals surface area contributed by atoms with E-state index in [4.69, 9.17) is 0 Å². The van der Waals surface area contributed by atoms with Gasteiger partial charge >= 0.3 is 12.4 Å². The molecular weight excluding hydrogens is 235 g/mol. The van der Waals surface area contributed by atoms with Crippen LogP contribution in [0.5, 0.6) is 0 Å². The average Bonchev–Trinajstić information content (AvgIpc) is 1.85. The second kappa shape index (κ2) is 5.46. The Kier molecular flexibility index (Phi) is 6.39. The molecule has 0 amide bonds. The summed E-state index contributed by atoms with van der Waals surface area (Å²) in [5, 5.41) is 0. The van der Waals surface area contributed by atoms with Crippen molar-refractivity contribution < 1.29 is 35.1 Å². The van der Waals surface area contributed by atoms with E-state index in [0.717, 1.165) is 0 Å². The van der Waals surface area contributed by atoms with Gasteiger partial charge in [0.1, 0.15) is 0 Å². The van der Waals surface area contributed by atoms with Crippen LogP contribution in [0.2, 0.25) is 0 Å².